The third-order valence-electron chi connectivity index (χ3n) is 3.72. The molecule has 12 heteroatoms. The van der Waals surface area contributed by atoms with Gasteiger partial charge in [0.2, 0.25) is 0 Å². The monoisotopic (exact) mass is 403 g/mol. The summed E-state index contributed by atoms with van der Waals surface area (Å²) in [6.07, 6.45) is -0.931. The normalized spacial score (nSPS) is 10.9. The summed E-state index contributed by atoms with van der Waals surface area (Å²) in [7, 11) is 0. The Morgan fingerprint density at radius 2 is 1.54 bits per heavy atom. The second-order valence-electron chi connectivity index (χ2n) is 6.53. The van der Waals surface area contributed by atoms with Crippen molar-refractivity contribution in [1.29, 1.82) is 0 Å². The van der Waals surface area contributed by atoms with E-state index in [1.54, 1.807) is 10.9 Å². The molecule has 0 bridgehead atoms. The van der Waals surface area contributed by atoms with Crippen molar-refractivity contribution in [2.75, 3.05) is 19.7 Å². The van der Waals surface area contributed by atoms with E-state index in [0.29, 0.717) is 6.54 Å². The van der Waals surface area contributed by atoms with Gasteiger partial charge in [-0.15, -0.1) is 0 Å². The van der Waals surface area contributed by atoms with Crippen LogP contribution in [0, 0.1) is 11.3 Å². The molecule has 0 aliphatic rings. The van der Waals surface area contributed by atoms with E-state index in [0.717, 1.165) is 6.92 Å². The molecule has 0 saturated carbocycles. The summed E-state index contributed by atoms with van der Waals surface area (Å²) < 4.78 is 9.17. The first-order chi connectivity index (χ1) is 13.1. The van der Waals surface area contributed by atoms with Gasteiger partial charge in [-0.05, 0) is 25.8 Å². The molecule has 0 aliphatic carbocycles. The molecule has 0 rings (SSSR count). The quantitative estimate of drug-likeness (QED) is 0.0649. The minimum Gasteiger partial charge on any atom is -0.434 e. The molecule has 0 aromatic rings. The van der Waals surface area contributed by atoms with Gasteiger partial charge in [0, 0.05) is 13.0 Å². The van der Waals surface area contributed by atoms with Crippen molar-refractivity contribution in [3.05, 3.63) is 0 Å². The number of hydrogen-bond acceptors (Lipinski definition) is 10. The lowest BCUT2D eigenvalue weighted by Gasteiger charge is -2.23. The second kappa shape index (κ2) is 12.8. The standard InChI is InChI=1S/C16H29N5O7/c1-10(2)9-27-15(26)28-12(23)6-8-19-7-4-5-11(22)16(3,13(24)20-17)14(25)21-18/h10,19H,4-9,17-18H2,1-3H3,(H,20,24)(H,21,25). The van der Waals surface area contributed by atoms with Crippen LogP contribution in [0.2, 0.25) is 0 Å². The highest BCUT2D eigenvalue weighted by Gasteiger charge is 2.47. The number of rotatable bonds is 12. The number of carbonyl (C=O) groups is 5. The van der Waals surface area contributed by atoms with Gasteiger partial charge in [-0.2, -0.15) is 0 Å². The summed E-state index contributed by atoms with van der Waals surface area (Å²) >= 11 is 0. The topological polar surface area (TPSA) is 192 Å². The van der Waals surface area contributed by atoms with Gasteiger partial charge in [-0.3, -0.25) is 30.0 Å². The van der Waals surface area contributed by atoms with Gasteiger partial charge in [-0.25, -0.2) is 16.5 Å². The zero-order valence-electron chi connectivity index (χ0n) is 16.3. The van der Waals surface area contributed by atoms with E-state index in [1.165, 1.54) is 0 Å². The van der Waals surface area contributed by atoms with Crippen molar-refractivity contribution < 1.29 is 33.4 Å². The molecule has 0 unspecified atom stereocenters. The summed E-state index contributed by atoms with van der Waals surface area (Å²) in [4.78, 5) is 58.5. The lowest BCUT2D eigenvalue weighted by Crippen LogP contribution is -2.57. The van der Waals surface area contributed by atoms with Crippen LogP contribution in [0.4, 0.5) is 4.79 Å². The van der Waals surface area contributed by atoms with E-state index in [2.05, 4.69) is 10.1 Å². The Morgan fingerprint density at radius 3 is 2.04 bits per heavy atom. The zero-order valence-corrected chi connectivity index (χ0v) is 16.3. The number of ketones is 1. The smallest absolute Gasteiger partial charge is 0.434 e. The lowest BCUT2D eigenvalue weighted by molar-refractivity contribution is -0.150. The Hall–Kier alpha value is -2.57. The second-order valence-corrected chi connectivity index (χ2v) is 6.53. The highest BCUT2D eigenvalue weighted by atomic mass is 16.7. The average molecular weight is 403 g/mol. The molecule has 160 valence electrons. The van der Waals surface area contributed by atoms with Crippen LogP contribution >= 0.6 is 0 Å². The van der Waals surface area contributed by atoms with Gasteiger partial charge < -0.3 is 14.8 Å². The highest BCUT2D eigenvalue weighted by molar-refractivity contribution is 6.22. The molecule has 0 radical (unpaired) electrons. The lowest BCUT2D eigenvalue weighted by atomic mass is 9.81. The molecule has 0 atom stereocenters. The van der Waals surface area contributed by atoms with Gasteiger partial charge in [0.05, 0.1) is 13.0 Å². The van der Waals surface area contributed by atoms with Gasteiger partial charge in [0.15, 0.2) is 11.2 Å². The Labute approximate surface area is 163 Å². The van der Waals surface area contributed by atoms with Crippen molar-refractivity contribution in [3.63, 3.8) is 0 Å². The van der Waals surface area contributed by atoms with Crippen LogP contribution in [0.5, 0.6) is 0 Å². The van der Waals surface area contributed by atoms with Crippen molar-refractivity contribution in [2.45, 2.75) is 40.0 Å². The van der Waals surface area contributed by atoms with Crippen LogP contribution in [0.15, 0.2) is 0 Å². The Balaban J connectivity index is 4.17. The number of hydrogen-bond donors (Lipinski definition) is 5. The van der Waals surface area contributed by atoms with Crippen molar-refractivity contribution >= 4 is 29.7 Å². The molecule has 0 saturated heterocycles. The summed E-state index contributed by atoms with van der Waals surface area (Å²) in [5.74, 6) is 6.81. The third-order valence-corrected chi connectivity index (χ3v) is 3.72. The molecule has 12 nitrogen and oxygen atoms in total. The molecule has 0 aliphatic heterocycles. The minimum atomic E-state index is -2.04. The number of Topliss-reactive ketones (excluding diaryl/α,β-unsaturated/α-hetero) is 1. The number of hydrazine groups is 2. The summed E-state index contributed by atoms with van der Waals surface area (Å²) in [5.41, 5.74) is 1.51. The maximum atomic E-state index is 12.3. The van der Waals surface area contributed by atoms with Crippen LogP contribution in [-0.4, -0.2) is 49.4 Å². The first kappa shape index (κ1) is 25.4. The fraction of sp³-hybridized carbons (Fsp3) is 0.688. The van der Waals surface area contributed by atoms with E-state index in [-0.39, 0.29) is 38.3 Å². The van der Waals surface area contributed by atoms with E-state index < -0.39 is 35.1 Å². The Kier molecular flexibility index (Phi) is 11.6. The van der Waals surface area contributed by atoms with Gasteiger partial charge in [-0.1, -0.05) is 13.8 Å². The molecule has 0 heterocycles. The van der Waals surface area contributed by atoms with Crippen molar-refractivity contribution in [2.24, 2.45) is 23.0 Å². The largest absolute Gasteiger partial charge is 0.516 e. The molecular weight excluding hydrogens is 374 g/mol. The predicted molar refractivity (Wildman–Crippen MR) is 96.8 cm³/mol. The molecule has 0 spiro atoms. The first-order valence-electron chi connectivity index (χ1n) is 8.73. The number of nitrogens with two attached hydrogens (primary N) is 2. The van der Waals surface area contributed by atoms with Crippen LogP contribution < -0.4 is 27.9 Å². The number of nitrogens with one attached hydrogen (secondary N) is 3. The molecular formula is C16H29N5O7. The highest BCUT2D eigenvalue weighted by Crippen LogP contribution is 2.20. The Bertz CT molecular complexity index is 564. The maximum Gasteiger partial charge on any atom is 0.516 e. The zero-order chi connectivity index (χ0) is 21.7. The van der Waals surface area contributed by atoms with Crippen LogP contribution in [0.3, 0.4) is 0 Å². The minimum absolute atomic E-state index is 0.0758. The first-order valence-corrected chi connectivity index (χ1v) is 8.73. The summed E-state index contributed by atoms with van der Waals surface area (Å²) in [5, 5.41) is 2.88. The van der Waals surface area contributed by atoms with E-state index in [4.69, 9.17) is 16.4 Å². The molecule has 28 heavy (non-hydrogen) atoms. The summed E-state index contributed by atoms with van der Waals surface area (Å²) in [6, 6.07) is 0. The predicted octanol–water partition coefficient (Wildman–Crippen LogP) is -1.36. The maximum absolute atomic E-state index is 12.3. The summed E-state index contributed by atoms with van der Waals surface area (Å²) in [6.45, 7) is 5.49. The van der Waals surface area contributed by atoms with Gasteiger partial charge in [0.1, 0.15) is 0 Å². The van der Waals surface area contributed by atoms with E-state index in [1.807, 2.05) is 13.8 Å². The Morgan fingerprint density at radius 1 is 0.964 bits per heavy atom. The molecule has 7 N–H and O–H groups in total. The molecule has 0 aromatic heterocycles. The average Bonchev–Trinajstić information content (AvgIpc) is 2.66. The molecule has 0 fully saturated rings. The number of ether oxygens (including phenoxy) is 2. The van der Waals surface area contributed by atoms with Gasteiger partial charge in [0.25, 0.3) is 11.8 Å². The number of esters is 1. The number of carbonyl (C=O) groups excluding carboxylic acids is 5. The number of amides is 2. The van der Waals surface area contributed by atoms with Crippen molar-refractivity contribution in [3.8, 4) is 0 Å². The van der Waals surface area contributed by atoms with E-state index >= 15 is 0 Å². The van der Waals surface area contributed by atoms with Gasteiger partial charge >= 0.3 is 12.1 Å². The fourth-order valence-corrected chi connectivity index (χ4v) is 1.99. The SMILES string of the molecule is CC(C)COC(=O)OC(=O)CCNCCCC(=O)C(C)(C(=O)NN)C(=O)NN. The van der Waals surface area contributed by atoms with Crippen LogP contribution in [0.1, 0.15) is 40.0 Å². The fourth-order valence-electron chi connectivity index (χ4n) is 1.99. The third kappa shape index (κ3) is 8.41. The van der Waals surface area contributed by atoms with Crippen LogP contribution in [-0.2, 0) is 28.7 Å². The van der Waals surface area contributed by atoms with Crippen LogP contribution in [0.25, 0.3) is 0 Å². The molecule has 0 aromatic carbocycles. The van der Waals surface area contributed by atoms with E-state index in [9.17, 15) is 24.0 Å². The molecule has 2 amide bonds. The van der Waals surface area contributed by atoms with Crippen molar-refractivity contribution in [1.82, 2.24) is 16.2 Å².